The standard InChI is InChI=1S/C15H21N3O2S/c1-11-7-13(19)17-15(5-3-2-4-6-15)14(20)18(11)9-12-8-16-10-21-12/h8,10-11H,2-7,9H2,1H3,(H,17,19). The van der Waals surface area contributed by atoms with Crippen LogP contribution in [0.25, 0.3) is 0 Å². The van der Waals surface area contributed by atoms with Crippen LogP contribution in [0, 0.1) is 0 Å². The number of thiazole rings is 1. The number of carbonyl (C=O) groups excluding carboxylic acids is 2. The first-order valence-corrected chi connectivity index (χ1v) is 8.48. The molecule has 2 aliphatic rings. The van der Waals surface area contributed by atoms with Crippen LogP contribution in [0.15, 0.2) is 11.7 Å². The van der Waals surface area contributed by atoms with Crippen LogP contribution in [0.3, 0.4) is 0 Å². The normalized spacial score (nSPS) is 25.8. The zero-order chi connectivity index (χ0) is 14.9. The monoisotopic (exact) mass is 307 g/mol. The van der Waals surface area contributed by atoms with Gasteiger partial charge in [-0.2, -0.15) is 0 Å². The van der Waals surface area contributed by atoms with E-state index in [1.807, 2.05) is 11.8 Å². The highest BCUT2D eigenvalue weighted by molar-refractivity contribution is 7.09. The van der Waals surface area contributed by atoms with Gasteiger partial charge in [-0.3, -0.25) is 14.6 Å². The van der Waals surface area contributed by atoms with Crippen LogP contribution in [-0.2, 0) is 16.1 Å². The van der Waals surface area contributed by atoms with E-state index in [4.69, 9.17) is 0 Å². The van der Waals surface area contributed by atoms with Crippen molar-refractivity contribution >= 4 is 23.2 Å². The molecule has 114 valence electrons. The fraction of sp³-hybridized carbons (Fsp3) is 0.667. The van der Waals surface area contributed by atoms with Crippen LogP contribution >= 0.6 is 11.3 Å². The lowest BCUT2D eigenvalue weighted by atomic mass is 9.80. The summed E-state index contributed by atoms with van der Waals surface area (Å²) in [7, 11) is 0. The fourth-order valence-electron chi connectivity index (χ4n) is 3.43. The first kappa shape index (κ1) is 14.5. The van der Waals surface area contributed by atoms with Crippen molar-refractivity contribution in [3.8, 4) is 0 Å². The van der Waals surface area contributed by atoms with Gasteiger partial charge in [-0.25, -0.2) is 0 Å². The number of hydrogen-bond acceptors (Lipinski definition) is 4. The Labute approximate surface area is 128 Å². The molecule has 1 aromatic rings. The van der Waals surface area contributed by atoms with Gasteiger partial charge < -0.3 is 10.2 Å². The number of nitrogens with zero attached hydrogens (tertiary/aromatic N) is 2. The molecule has 1 N–H and O–H groups in total. The number of nitrogens with one attached hydrogen (secondary N) is 1. The molecule has 0 radical (unpaired) electrons. The molecule has 6 heteroatoms. The van der Waals surface area contributed by atoms with Crippen molar-refractivity contribution in [3.63, 3.8) is 0 Å². The number of amides is 2. The minimum absolute atomic E-state index is 0.00422. The molecule has 1 unspecified atom stereocenters. The lowest BCUT2D eigenvalue weighted by Crippen LogP contribution is -2.58. The number of aromatic nitrogens is 1. The second-order valence-electron chi connectivity index (χ2n) is 6.14. The van der Waals surface area contributed by atoms with Gasteiger partial charge in [0.25, 0.3) is 0 Å². The van der Waals surface area contributed by atoms with Gasteiger partial charge in [0.15, 0.2) is 0 Å². The van der Waals surface area contributed by atoms with Gasteiger partial charge in [0.2, 0.25) is 11.8 Å². The van der Waals surface area contributed by atoms with E-state index >= 15 is 0 Å². The van der Waals surface area contributed by atoms with Crippen molar-refractivity contribution in [1.82, 2.24) is 15.2 Å². The van der Waals surface area contributed by atoms with Gasteiger partial charge in [0.05, 0.1) is 12.1 Å². The molecule has 1 atom stereocenters. The highest BCUT2D eigenvalue weighted by Crippen LogP contribution is 2.33. The van der Waals surface area contributed by atoms with E-state index in [9.17, 15) is 9.59 Å². The molecule has 0 bridgehead atoms. The Morgan fingerprint density at radius 3 is 2.81 bits per heavy atom. The Bertz CT molecular complexity index is 523. The summed E-state index contributed by atoms with van der Waals surface area (Å²) in [6.07, 6.45) is 6.89. The summed E-state index contributed by atoms with van der Waals surface area (Å²) in [5, 5.41) is 3.04. The lowest BCUT2D eigenvalue weighted by Gasteiger charge is -2.39. The maximum atomic E-state index is 13.1. The molecule has 1 aliphatic heterocycles. The topological polar surface area (TPSA) is 62.3 Å². The summed E-state index contributed by atoms with van der Waals surface area (Å²) in [6, 6.07) is -0.0686. The zero-order valence-electron chi connectivity index (χ0n) is 12.3. The minimum Gasteiger partial charge on any atom is -0.342 e. The van der Waals surface area contributed by atoms with E-state index < -0.39 is 5.54 Å². The van der Waals surface area contributed by atoms with Crippen molar-refractivity contribution in [2.75, 3.05) is 0 Å². The molecule has 21 heavy (non-hydrogen) atoms. The Hall–Kier alpha value is -1.43. The largest absolute Gasteiger partial charge is 0.342 e. The summed E-state index contributed by atoms with van der Waals surface area (Å²) in [6.45, 7) is 2.52. The summed E-state index contributed by atoms with van der Waals surface area (Å²) < 4.78 is 0. The summed E-state index contributed by atoms with van der Waals surface area (Å²) >= 11 is 1.55. The molecular weight excluding hydrogens is 286 g/mol. The summed E-state index contributed by atoms with van der Waals surface area (Å²) in [5.74, 6) is 0.0958. The van der Waals surface area contributed by atoms with E-state index in [1.54, 1.807) is 23.0 Å². The molecule has 1 spiro atoms. The molecule has 2 fully saturated rings. The summed E-state index contributed by atoms with van der Waals surface area (Å²) in [4.78, 5) is 32.3. The highest BCUT2D eigenvalue weighted by atomic mass is 32.1. The molecular formula is C15H21N3O2S. The molecule has 3 rings (SSSR count). The molecule has 1 aromatic heterocycles. The fourth-order valence-corrected chi connectivity index (χ4v) is 4.03. The Balaban J connectivity index is 1.89. The molecule has 5 nitrogen and oxygen atoms in total. The average molecular weight is 307 g/mol. The van der Waals surface area contributed by atoms with Gasteiger partial charge in [-0.1, -0.05) is 19.3 Å². The van der Waals surface area contributed by atoms with Crippen molar-refractivity contribution in [1.29, 1.82) is 0 Å². The third-order valence-corrected chi connectivity index (χ3v) is 5.34. The third kappa shape index (κ3) is 2.81. The first-order valence-electron chi connectivity index (χ1n) is 7.60. The van der Waals surface area contributed by atoms with E-state index in [-0.39, 0.29) is 17.9 Å². The molecule has 1 saturated carbocycles. The lowest BCUT2D eigenvalue weighted by molar-refractivity contribution is -0.142. The van der Waals surface area contributed by atoms with Gasteiger partial charge in [-0.15, -0.1) is 11.3 Å². The van der Waals surface area contributed by atoms with Gasteiger partial charge in [0, 0.05) is 23.5 Å². The van der Waals surface area contributed by atoms with Gasteiger partial charge in [-0.05, 0) is 19.8 Å². The third-order valence-electron chi connectivity index (χ3n) is 4.58. The van der Waals surface area contributed by atoms with Crippen molar-refractivity contribution in [2.45, 2.75) is 63.6 Å². The second kappa shape index (κ2) is 5.75. The van der Waals surface area contributed by atoms with Crippen LogP contribution in [-0.4, -0.2) is 33.3 Å². The maximum Gasteiger partial charge on any atom is 0.248 e. The van der Waals surface area contributed by atoms with Crippen LogP contribution in [0.5, 0.6) is 0 Å². The number of rotatable bonds is 2. The Morgan fingerprint density at radius 2 is 2.14 bits per heavy atom. The molecule has 0 aromatic carbocycles. The Morgan fingerprint density at radius 1 is 1.38 bits per heavy atom. The predicted octanol–water partition coefficient (Wildman–Crippen LogP) is 2.08. The van der Waals surface area contributed by atoms with Crippen LogP contribution in [0.1, 0.15) is 50.3 Å². The Kier molecular flexibility index (Phi) is 3.97. The second-order valence-corrected chi connectivity index (χ2v) is 7.12. The van der Waals surface area contributed by atoms with Gasteiger partial charge in [0.1, 0.15) is 5.54 Å². The van der Waals surface area contributed by atoms with Crippen LogP contribution < -0.4 is 5.32 Å². The average Bonchev–Trinajstić information content (AvgIpc) is 2.95. The van der Waals surface area contributed by atoms with E-state index in [0.29, 0.717) is 13.0 Å². The molecule has 1 saturated heterocycles. The molecule has 2 amide bonds. The summed E-state index contributed by atoms with van der Waals surface area (Å²) in [5.41, 5.74) is 1.12. The van der Waals surface area contributed by atoms with Crippen molar-refractivity contribution < 1.29 is 9.59 Å². The minimum atomic E-state index is -0.662. The zero-order valence-corrected chi connectivity index (χ0v) is 13.1. The smallest absolute Gasteiger partial charge is 0.248 e. The maximum absolute atomic E-state index is 13.1. The molecule has 2 heterocycles. The van der Waals surface area contributed by atoms with Crippen LogP contribution in [0.4, 0.5) is 0 Å². The molecule has 1 aliphatic carbocycles. The van der Waals surface area contributed by atoms with E-state index in [1.165, 1.54) is 0 Å². The quantitative estimate of drug-likeness (QED) is 0.910. The number of carbonyl (C=O) groups is 2. The van der Waals surface area contributed by atoms with Gasteiger partial charge >= 0.3 is 0 Å². The first-order chi connectivity index (χ1) is 10.1. The van der Waals surface area contributed by atoms with E-state index in [0.717, 1.165) is 37.0 Å². The number of hydrogen-bond donors (Lipinski definition) is 1. The highest BCUT2D eigenvalue weighted by Gasteiger charge is 2.46. The predicted molar refractivity (Wildman–Crippen MR) is 80.7 cm³/mol. The SMILES string of the molecule is CC1CC(=O)NC2(CCCCC2)C(=O)N1Cc1cncs1. The van der Waals surface area contributed by atoms with Crippen molar-refractivity contribution in [2.24, 2.45) is 0 Å². The van der Waals surface area contributed by atoms with E-state index in [2.05, 4.69) is 10.3 Å². The van der Waals surface area contributed by atoms with Crippen LogP contribution in [0.2, 0.25) is 0 Å². The van der Waals surface area contributed by atoms with Crippen molar-refractivity contribution in [3.05, 3.63) is 16.6 Å².